The molecule has 0 saturated carbocycles. The second-order valence-electron chi connectivity index (χ2n) is 5.66. The molecule has 1 aliphatic rings. The summed E-state index contributed by atoms with van der Waals surface area (Å²) in [6.45, 7) is 0.966. The molecule has 2 N–H and O–H groups in total. The Bertz CT molecular complexity index is 911. The zero-order chi connectivity index (χ0) is 17.8. The minimum absolute atomic E-state index is 0.233. The average molecular weight is 351 g/mol. The number of carbonyl (C=O) groups excluding carboxylic acids is 1. The molecular formula is C18H17N5O3. The summed E-state index contributed by atoms with van der Waals surface area (Å²) in [7, 11) is 0. The van der Waals surface area contributed by atoms with Gasteiger partial charge in [-0.3, -0.25) is 0 Å². The molecule has 1 aliphatic heterocycles. The van der Waals surface area contributed by atoms with Crippen molar-refractivity contribution in [2.75, 3.05) is 6.79 Å². The first-order chi connectivity index (χ1) is 12.8. The number of aromatic nitrogens is 3. The number of hydrogen-bond acceptors (Lipinski definition) is 5. The van der Waals surface area contributed by atoms with Crippen molar-refractivity contribution < 1.29 is 14.3 Å². The van der Waals surface area contributed by atoms with Gasteiger partial charge < -0.3 is 20.1 Å². The molecule has 0 bridgehead atoms. The Morgan fingerprint density at radius 2 is 1.96 bits per heavy atom. The van der Waals surface area contributed by atoms with E-state index in [1.807, 2.05) is 42.6 Å². The fourth-order valence-corrected chi connectivity index (χ4v) is 2.64. The lowest BCUT2D eigenvalue weighted by atomic mass is 10.2. The molecule has 0 aliphatic carbocycles. The van der Waals surface area contributed by atoms with E-state index in [1.165, 1.54) is 0 Å². The Morgan fingerprint density at radius 1 is 1.08 bits per heavy atom. The number of rotatable bonds is 5. The molecule has 0 unspecified atom stereocenters. The first-order valence-corrected chi connectivity index (χ1v) is 8.14. The van der Waals surface area contributed by atoms with Gasteiger partial charge in [0.1, 0.15) is 0 Å². The highest BCUT2D eigenvalue weighted by Crippen LogP contribution is 2.32. The smallest absolute Gasteiger partial charge is 0.315 e. The van der Waals surface area contributed by atoms with Crippen molar-refractivity contribution in [1.29, 1.82) is 0 Å². The van der Waals surface area contributed by atoms with Gasteiger partial charge in [0.2, 0.25) is 6.79 Å². The first kappa shape index (κ1) is 15.9. The van der Waals surface area contributed by atoms with Gasteiger partial charge in [0.15, 0.2) is 17.3 Å². The monoisotopic (exact) mass is 351 g/mol. The molecule has 2 amide bonds. The van der Waals surface area contributed by atoms with E-state index >= 15 is 0 Å². The van der Waals surface area contributed by atoms with Gasteiger partial charge in [0.25, 0.3) is 0 Å². The van der Waals surface area contributed by atoms with Crippen LogP contribution in [0.5, 0.6) is 11.5 Å². The van der Waals surface area contributed by atoms with Gasteiger partial charge in [-0.05, 0) is 29.8 Å². The summed E-state index contributed by atoms with van der Waals surface area (Å²) in [5.74, 6) is 2.11. The number of carbonyl (C=O) groups is 1. The third-order valence-electron chi connectivity index (χ3n) is 3.92. The standard InChI is InChI=1S/C18H17N5O3/c24-18(20-10-13-4-5-15-16(9-13)26-12-25-15)21-11-14-3-1-6-19-17(14)23-8-2-7-22-23/h1-9H,10-12H2,(H2,20,21,24). The Hall–Kier alpha value is -3.55. The van der Waals surface area contributed by atoms with Crippen molar-refractivity contribution in [3.8, 4) is 17.3 Å². The van der Waals surface area contributed by atoms with Crippen molar-refractivity contribution in [3.63, 3.8) is 0 Å². The minimum atomic E-state index is -0.266. The summed E-state index contributed by atoms with van der Waals surface area (Å²) in [6, 6.07) is 10.9. The van der Waals surface area contributed by atoms with Crippen LogP contribution in [-0.4, -0.2) is 27.6 Å². The first-order valence-electron chi connectivity index (χ1n) is 8.14. The lowest BCUT2D eigenvalue weighted by Crippen LogP contribution is -2.34. The molecule has 0 fully saturated rings. The number of amides is 2. The lowest BCUT2D eigenvalue weighted by Gasteiger charge is -2.11. The van der Waals surface area contributed by atoms with Crippen molar-refractivity contribution in [2.24, 2.45) is 0 Å². The highest BCUT2D eigenvalue weighted by Gasteiger charge is 2.13. The Kier molecular flexibility index (Phi) is 4.38. The van der Waals surface area contributed by atoms with E-state index in [4.69, 9.17) is 9.47 Å². The van der Waals surface area contributed by atoms with Crippen LogP contribution in [0.2, 0.25) is 0 Å². The maximum atomic E-state index is 12.1. The van der Waals surface area contributed by atoms with Gasteiger partial charge in [0.05, 0.1) is 0 Å². The molecule has 3 heterocycles. The number of pyridine rings is 1. The Morgan fingerprint density at radius 3 is 2.85 bits per heavy atom. The van der Waals surface area contributed by atoms with Gasteiger partial charge in [-0.25, -0.2) is 14.5 Å². The van der Waals surface area contributed by atoms with E-state index in [-0.39, 0.29) is 12.8 Å². The highest BCUT2D eigenvalue weighted by molar-refractivity contribution is 5.74. The molecule has 0 atom stereocenters. The maximum absolute atomic E-state index is 12.1. The number of nitrogens with zero attached hydrogens (tertiary/aromatic N) is 3. The second-order valence-corrected chi connectivity index (χ2v) is 5.66. The molecule has 132 valence electrons. The topological polar surface area (TPSA) is 90.3 Å². The van der Waals surface area contributed by atoms with E-state index < -0.39 is 0 Å². The molecule has 26 heavy (non-hydrogen) atoms. The molecule has 2 aromatic heterocycles. The quantitative estimate of drug-likeness (QED) is 0.734. The number of urea groups is 1. The molecule has 0 radical (unpaired) electrons. The fraction of sp³-hybridized carbons (Fsp3) is 0.167. The van der Waals surface area contributed by atoms with Crippen LogP contribution >= 0.6 is 0 Å². The van der Waals surface area contributed by atoms with Crippen LogP contribution in [0, 0.1) is 0 Å². The number of ether oxygens (including phenoxy) is 2. The SMILES string of the molecule is O=C(NCc1ccc2c(c1)OCO2)NCc1cccnc1-n1cccn1. The van der Waals surface area contributed by atoms with Crippen LogP contribution in [0.1, 0.15) is 11.1 Å². The summed E-state index contributed by atoms with van der Waals surface area (Å²) in [5.41, 5.74) is 1.80. The number of nitrogens with one attached hydrogen (secondary N) is 2. The second kappa shape index (κ2) is 7.14. The molecule has 4 rings (SSSR count). The van der Waals surface area contributed by atoms with E-state index in [0.29, 0.717) is 24.7 Å². The maximum Gasteiger partial charge on any atom is 0.315 e. The van der Waals surface area contributed by atoms with Crippen LogP contribution < -0.4 is 20.1 Å². The number of benzene rings is 1. The minimum Gasteiger partial charge on any atom is -0.454 e. The number of fused-ring (bicyclic) bond motifs is 1. The summed E-state index contributed by atoms with van der Waals surface area (Å²) < 4.78 is 12.3. The molecule has 8 nitrogen and oxygen atoms in total. The average Bonchev–Trinajstić information content (AvgIpc) is 3.36. The van der Waals surface area contributed by atoms with Crippen LogP contribution in [0.4, 0.5) is 4.79 Å². The van der Waals surface area contributed by atoms with Crippen LogP contribution in [0.15, 0.2) is 55.0 Å². The Labute approximate surface area is 149 Å². The predicted molar refractivity (Wildman–Crippen MR) is 93.0 cm³/mol. The molecule has 3 aromatic rings. The summed E-state index contributed by atoms with van der Waals surface area (Å²) in [5, 5.41) is 9.84. The van der Waals surface area contributed by atoms with Crippen LogP contribution in [-0.2, 0) is 13.1 Å². The molecule has 1 aromatic carbocycles. The van der Waals surface area contributed by atoms with Crippen molar-refractivity contribution >= 4 is 6.03 Å². The molecule has 0 spiro atoms. The van der Waals surface area contributed by atoms with Crippen LogP contribution in [0.25, 0.3) is 5.82 Å². The molecule has 8 heteroatoms. The third kappa shape index (κ3) is 3.44. The van der Waals surface area contributed by atoms with Gasteiger partial charge in [-0.1, -0.05) is 12.1 Å². The molecule has 0 saturated heterocycles. The normalized spacial score (nSPS) is 12.0. The lowest BCUT2D eigenvalue weighted by molar-refractivity contribution is 0.174. The van der Waals surface area contributed by atoms with E-state index in [0.717, 1.165) is 16.9 Å². The zero-order valence-corrected chi connectivity index (χ0v) is 13.9. The Balaban J connectivity index is 1.33. The summed E-state index contributed by atoms with van der Waals surface area (Å²) in [4.78, 5) is 16.4. The van der Waals surface area contributed by atoms with Crippen molar-refractivity contribution in [3.05, 3.63) is 66.1 Å². The van der Waals surface area contributed by atoms with E-state index in [1.54, 1.807) is 17.1 Å². The third-order valence-corrected chi connectivity index (χ3v) is 3.92. The summed E-state index contributed by atoms with van der Waals surface area (Å²) >= 11 is 0. The van der Waals surface area contributed by atoms with Gasteiger partial charge in [-0.2, -0.15) is 5.10 Å². The predicted octanol–water partition coefficient (Wildman–Crippen LogP) is 2.00. The number of hydrogen-bond donors (Lipinski definition) is 2. The zero-order valence-electron chi connectivity index (χ0n) is 13.9. The van der Waals surface area contributed by atoms with Gasteiger partial charge >= 0.3 is 6.03 Å². The van der Waals surface area contributed by atoms with Crippen molar-refractivity contribution in [1.82, 2.24) is 25.4 Å². The highest BCUT2D eigenvalue weighted by atomic mass is 16.7. The van der Waals surface area contributed by atoms with Gasteiger partial charge in [0, 0.05) is 37.2 Å². The summed E-state index contributed by atoms with van der Waals surface area (Å²) in [6.07, 6.45) is 5.19. The van der Waals surface area contributed by atoms with Gasteiger partial charge in [-0.15, -0.1) is 0 Å². The fourth-order valence-electron chi connectivity index (χ4n) is 2.64. The van der Waals surface area contributed by atoms with E-state index in [9.17, 15) is 4.79 Å². The molecular weight excluding hydrogens is 334 g/mol. The van der Waals surface area contributed by atoms with E-state index in [2.05, 4.69) is 20.7 Å². The largest absolute Gasteiger partial charge is 0.454 e. The van der Waals surface area contributed by atoms with Crippen LogP contribution in [0.3, 0.4) is 0 Å². The van der Waals surface area contributed by atoms with Crippen molar-refractivity contribution in [2.45, 2.75) is 13.1 Å².